The molecule has 1 atom stereocenters. The van der Waals surface area contributed by atoms with E-state index in [-0.39, 0.29) is 0 Å². The summed E-state index contributed by atoms with van der Waals surface area (Å²) in [6.45, 7) is 5.79. The molecule has 0 aromatic carbocycles. The van der Waals surface area contributed by atoms with E-state index < -0.39 is 8.69 Å². The maximum Gasteiger partial charge on any atom is 0.324 e. The van der Waals surface area contributed by atoms with Crippen LogP contribution in [0.2, 0.25) is 0 Å². The minimum Gasteiger partial charge on any atom is -0.381 e. The van der Waals surface area contributed by atoms with Crippen molar-refractivity contribution in [2.24, 2.45) is 0 Å². The minimum absolute atomic E-state index is 0.421. The molecule has 0 aromatic heterocycles. The van der Waals surface area contributed by atoms with Crippen LogP contribution in [0.1, 0.15) is 13.3 Å². The molecular weight excluding hydrogens is 207 g/mol. The molecule has 0 bridgehead atoms. The maximum absolute atomic E-state index is 8.46. The van der Waals surface area contributed by atoms with E-state index >= 15 is 0 Å². The van der Waals surface area contributed by atoms with Crippen LogP contribution < -0.4 is 0 Å². The first-order chi connectivity index (χ1) is 6.26. The molecule has 0 aliphatic carbocycles. The Bertz CT molecular complexity index is 118. The Morgan fingerprint density at radius 3 is 2.62 bits per heavy atom. The van der Waals surface area contributed by atoms with Gasteiger partial charge in [0.25, 0.3) is 0 Å². The Kier molecular flexibility index (Phi) is 17.5. The van der Waals surface area contributed by atoms with Gasteiger partial charge in [0.15, 0.2) is 0 Å². The third-order valence-corrected chi connectivity index (χ3v) is 2.41. The number of methoxy groups -OCH3 is 1. The van der Waals surface area contributed by atoms with Crippen molar-refractivity contribution < 1.29 is 14.2 Å². The molecule has 3 nitrogen and oxygen atoms in total. The monoisotopic (exact) mass is 224 g/mol. The van der Waals surface area contributed by atoms with E-state index in [1.54, 1.807) is 7.11 Å². The van der Waals surface area contributed by atoms with Crippen LogP contribution in [-0.4, -0.2) is 29.6 Å². The van der Waals surface area contributed by atoms with E-state index in [9.17, 15) is 0 Å². The smallest absolute Gasteiger partial charge is 0.324 e. The Hall–Kier alpha value is 0.110. The highest BCUT2D eigenvalue weighted by atomic mass is 32.2. The maximum atomic E-state index is 8.46. The van der Waals surface area contributed by atoms with Crippen molar-refractivity contribution in [3.63, 3.8) is 0 Å². The van der Waals surface area contributed by atoms with E-state index in [0.29, 0.717) is 6.10 Å². The lowest BCUT2D eigenvalue weighted by Gasteiger charge is -2.10. The second-order valence-corrected chi connectivity index (χ2v) is 3.41. The predicted octanol–water partition coefficient (Wildman–Crippen LogP) is 2.52. The summed E-state index contributed by atoms with van der Waals surface area (Å²) in [5.41, 5.74) is 0. The molecule has 0 radical (unpaired) electrons. The molecule has 0 aromatic rings. The van der Waals surface area contributed by atoms with Gasteiger partial charge in [-0.25, -0.2) is 4.57 Å². The van der Waals surface area contributed by atoms with Crippen molar-refractivity contribution >= 4 is 20.4 Å². The Labute approximate surface area is 85.8 Å². The normalized spacial score (nSPS) is 11.6. The molecule has 0 rings (SSSR count). The summed E-state index contributed by atoms with van der Waals surface area (Å²) in [4.78, 5) is 6.99. The lowest BCUT2D eigenvalue weighted by molar-refractivity contribution is 0.119. The van der Waals surface area contributed by atoms with Crippen LogP contribution in [0.4, 0.5) is 0 Å². The average molecular weight is 224 g/mol. The van der Waals surface area contributed by atoms with Crippen LogP contribution in [0, 0.1) is 0 Å². The van der Waals surface area contributed by atoms with E-state index in [2.05, 4.69) is 13.5 Å². The van der Waals surface area contributed by atoms with E-state index in [4.69, 9.17) is 14.2 Å². The number of hydrogen-bond donors (Lipinski definition) is 1. The van der Waals surface area contributed by atoms with Gasteiger partial charge in [-0.05, 0) is 6.42 Å². The minimum atomic E-state index is -0.833. The third kappa shape index (κ3) is 14.9. The van der Waals surface area contributed by atoms with Crippen LogP contribution >= 0.6 is 20.4 Å². The average Bonchev–Trinajstić information content (AvgIpc) is 2.14. The molecule has 0 saturated carbocycles. The Morgan fingerprint density at radius 1 is 1.77 bits per heavy atom. The van der Waals surface area contributed by atoms with E-state index in [1.165, 1.54) is 0 Å². The highest BCUT2D eigenvalue weighted by molar-refractivity contribution is 7.99. The molecule has 0 spiro atoms. The van der Waals surface area contributed by atoms with Crippen LogP contribution in [0.3, 0.4) is 0 Å². The predicted molar refractivity (Wildman–Crippen MR) is 58.4 cm³/mol. The summed E-state index contributed by atoms with van der Waals surface area (Å²) in [6, 6.07) is 0. The van der Waals surface area contributed by atoms with Crippen molar-refractivity contribution in [1.82, 2.24) is 0 Å². The van der Waals surface area contributed by atoms with Crippen LogP contribution in [0.5, 0.6) is 0 Å². The number of hydrogen-bond acceptors (Lipinski definition) is 3. The third-order valence-electron chi connectivity index (χ3n) is 1.33. The second kappa shape index (κ2) is 14.6. The molecule has 0 amide bonds. The second-order valence-electron chi connectivity index (χ2n) is 2.17. The molecule has 0 heterocycles. The fourth-order valence-corrected chi connectivity index (χ4v) is 1.57. The number of ether oxygens (including phenoxy) is 1. The molecule has 13 heavy (non-hydrogen) atoms. The Morgan fingerprint density at radius 2 is 2.31 bits per heavy atom. The summed E-state index contributed by atoms with van der Waals surface area (Å²) in [6.07, 6.45) is 3.44. The van der Waals surface area contributed by atoms with Gasteiger partial charge in [-0.3, -0.25) is 0 Å². The summed E-state index contributed by atoms with van der Waals surface area (Å²) in [5.74, 6) is 2.11. The Balaban J connectivity index is 0. The summed E-state index contributed by atoms with van der Waals surface area (Å²) >= 11 is 1.87. The largest absolute Gasteiger partial charge is 0.381 e. The molecule has 0 fully saturated rings. The number of rotatable bonds is 6. The lowest BCUT2D eigenvalue weighted by atomic mass is 10.3. The fourth-order valence-electron chi connectivity index (χ4n) is 0.635. The fraction of sp³-hybridized carbons (Fsp3) is 0.750. The van der Waals surface area contributed by atoms with Crippen molar-refractivity contribution in [3.8, 4) is 0 Å². The highest BCUT2D eigenvalue weighted by Crippen LogP contribution is 2.07. The van der Waals surface area contributed by atoms with Crippen molar-refractivity contribution in [1.29, 1.82) is 0 Å². The molecule has 0 aliphatic rings. The van der Waals surface area contributed by atoms with Gasteiger partial charge >= 0.3 is 8.69 Å². The molecular formula is C8H17O3PS. The first-order valence-electron chi connectivity index (χ1n) is 3.94. The van der Waals surface area contributed by atoms with Crippen molar-refractivity contribution in [2.75, 3.05) is 18.6 Å². The van der Waals surface area contributed by atoms with Crippen molar-refractivity contribution in [3.05, 3.63) is 12.7 Å². The van der Waals surface area contributed by atoms with Gasteiger partial charge in [-0.15, -0.1) is 6.58 Å². The van der Waals surface area contributed by atoms with E-state index in [0.717, 1.165) is 17.9 Å². The van der Waals surface area contributed by atoms with Crippen LogP contribution in [0.25, 0.3) is 0 Å². The molecule has 0 saturated heterocycles. The first-order valence-corrected chi connectivity index (χ1v) is 5.86. The van der Waals surface area contributed by atoms with Crippen LogP contribution in [0.15, 0.2) is 12.7 Å². The van der Waals surface area contributed by atoms with Crippen LogP contribution in [-0.2, 0) is 9.30 Å². The van der Waals surface area contributed by atoms with Gasteiger partial charge in [0.2, 0.25) is 0 Å². The molecule has 1 N–H and O–H groups in total. The zero-order chi connectivity index (χ0) is 10.5. The van der Waals surface area contributed by atoms with E-state index in [1.807, 2.05) is 17.8 Å². The molecule has 0 aliphatic heterocycles. The molecule has 1 unspecified atom stereocenters. The summed E-state index contributed by atoms with van der Waals surface area (Å²) in [7, 11) is 0.933. The standard InChI is InChI=1S/C8H16OS.HO2P/c1-4-6-10-7-8(5-2)9-3;1-3-2/h4,8H,1,5-7H2,2-3H3;(H,1,2). The first kappa shape index (κ1) is 15.6. The molecule has 5 heteroatoms. The van der Waals surface area contributed by atoms with Gasteiger partial charge in [-0.1, -0.05) is 13.0 Å². The zero-order valence-corrected chi connectivity index (χ0v) is 9.81. The van der Waals surface area contributed by atoms with Gasteiger partial charge in [-0.2, -0.15) is 11.8 Å². The van der Waals surface area contributed by atoms with Gasteiger partial charge in [0.05, 0.1) is 6.10 Å². The lowest BCUT2D eigenvalue weighted by Crippen LogP contribution is -2.11. The number of thioether (sulfide) groups is 1. The highest BCUT2D eigenvalue weighted by Gasteiger charge is 2.01. The van der Waals surface area contributed by atoms with Crippen molar-refractivity contribution in [2.45, 2.75) is 19.4 Å². The SMILES string of the molecule is C=CCSCC(CC)OC.O=PO. The van der Waals surface area contributed by atoms with Gasteiger partial charge < -0.3 is 9.63 Å². The molecule has 78 valence electrons. The van der Waals surface area contributed by atoms with Gasteiger partial charge in [0.1, 0.15) is 0 Å². The topological polar surface area (TPSA) is 46.5 Å². The zero-order valence-electron chi connectivity index (χ0n) is 8.10. The summed E-state index contributed by atoms with van der Waals surface area (Å²) in [5, 5.41) is 0. The quantitative estimate of drug-likeness (QED) is 0.428. The van der Waals surface area contributed by atoms with Gasteiger partial charge in [0, 0.05) is 18.6 Å². The summed E-state index contributed by atoms with van der Waals surface area (Å²) < 4.78 is 13.6.